The normalized spacial score (nSPS) is 10.9. The van der Waals surface area contributed by atoms with Crippen LogP contribution in [-0.2, 0) is 13.1 Å². The van der Waals surface area contributed by atoms with Gasteiger partial charge in [-0.15, -0.1) is 0 Å². The van der Waals surface area contributed by atoms with Gasteiger partial charge >= 0.3 is 0 Å². The maximum absolute atomic E-state index is 5.67. The second-order valence-corrected chi connectivity index (χ2v) is 6.25. The second kappa shape index (κ2) is 8.93. The fraction of sp³-hybridized carbons (Fsp3) is 0.333. The minimum atomic E-state index is 0.720. The van der Waals surface area contributed by atoms with Gasteiger partial charge in [0, 0.05) is 24.1 Å². The molecular formula is C18H23BrN2O. The Kier molecular flexibility index (Phi) is 6.90. The molecule has 2 aromatic carbocycles. The lowest BCUT2D eigenvalue weighted by Crippen LogP contribution is -2.25. The third-order valence-corrected chi connectivity index (χ3v) is 4.03. The summed E-state index contributed by atoms with van der Waals surface area (Å²) in [5, 5.41) is 0. The van der Waals surface area contributed by atoms with Gasteiger partial charge in [0.25, 0.3) is 0 Å². The molecule has 2 aromatic rings. The van der Waals surface area contributed by atoms with Crippen LogP contribution in [0.2, 0.25) is 0 Å². The molecule has 0 bridgehead atoms. The monoisotopic (exact) mass is 362 g/mol. The summed E-state index contributed by atoms with van der Waals surface area (Å²) in [6.07, 6.45) is 1.00. The molecule has 0 saturated heterocycles. The molecule has 0 aromatic heterocycles. The number of methoxy groups -OCH3 is 1. The highest BCUT2D eigenvalue weighted by Crippen LogP contribution is 2.17. The van der Waals surface area contributed by atoms with Gasteiger partial charge in [-0.25, -0.2) is 0 Å². The summed E-state index contributed by atoms with van der Waals surface area (Å²) < 4.78 is 6.33. The van der Waals surface area contributed by atoms with Crippen LogP contribution in [0.1, 0.15) is 17.5 Å². The summed E-state index contributed by atoms with van der Waals surface area (Å²) in [6, 6.07) is 16.7. The fourth-order valence-electron chi connectivity index (χ4n) is 2.41. The molecule has 0 radical (unpaired) electrons. The Balaban J connectivity index is 2.04. The first-order chi connectivity index (χ1) is 10.7. The number of rotatable bonds is 8. The molecule has 118 valence electrons. The van der Waals surface area contributed by atoms with Gasteiger partial charge in [0.2, 0.25) is 0 Å². The SMILES string of the molecule is COc1ccc(CN(CCCN)Cc2cccc(Br)c2)cc1. The van der Waals surface area contributed by atoms with Crippen molar-refractivity contribution < 1.29 is 4.74 Å². The summed E-state index contributed by atoms with van der Waals surface area (Å²) in [4.78, 5) is 2.43. The van der Waals surface area contributed by atoms with Crippen LogP contribution in [0.3, 0.4) is 0 Å². The molecule has 0 aliphatic carbocycles. The second-order valence-electron chi connectivity index (χ2n) is 5.33. The lowest BCUT2D eigenvalue weighted by molar-refractivity contribution is 0.255. The van der Waals surface area contributed by atoms with Gasteiger partial charge in [0.15, 0.2) is 0 Å². The van der Waals surface area contributed by atoms with Crippen molar-refractivity contribution in [3.8, 4) is 5.75 Å². The molecular weight excluding hydrogens is 340 g/mol. The van der Waals surface area contributed by atoms with E-state index in [4.69, 9.17) is 10.5 Å². The van der Waals surface area contributed by atoms with E-state index in [9.17, 15) is 0 Å². The lowest BCUT2D eigenvalue weighted by atomic mass is 10.1. The molecule has 22 heavy (non-hydrogen) atoms. The van der Waals surface area contributed by atoms with Gasteiger partial charge < -0.3 is 10.5 Å². The zero-order valence-electron chi connectivity index (χ0n) is 13.0. The number of nitrogens with two attached hydrogens (primary N) is 1. The van der Waals surface area contributed by atoms with Gasteiger partial charge in [0.1, 0.15) is 5.75 Å². The van der Waals surface area contributed by atoms with Crippen LogP contribution in [0, 0.1) is 0 Å². The van der Waals surface area contributed by atoms with Crippen LogP contribution in [0.4, 0.5) is 0 Å². The molecule has 3 nitrogen and oxygen atoms in total. The van der Waals surface area contributed by atoms with Crippen LogP contribution in [0.25, 0.3) is 0 Å². The van der Waals surface area contributed by atoms with Crippen LogP contribution >= 0.6 is 15.9 Å². The van der Waals surface area contributed by atoms with Gasteiger partial charge in [-0.1, -0.05) is 40.2 Å². The first kappa shape index (κ1) is 17.0. The maximum atomic E-state index is 5.67. The lowest BCUT2D eigenvalue weighted by Gasteiger charge is -2.22. The number of hydrogen-bond donors (Lipinski definition) is 1. The molecule has 0 amide bonds. The number of halogens is 1. The van der Waals surface area contributed by atoms with Crippen LogP contribution in [0.5, 0.6) is 5.75 Å². The fourth-order valence-corrected chi connectivity index (χ4v) is 2.86. The van der Waals surface area contributed by atoms with E-state index < -0.39 is 0 Å². The average Bonchev–Trinajstić information content (AvgIpc) is 2.53. The summed E-state index contributed by atoms with van der Waals surface area (Å²) in [6.45, 7) is 3.55. The predicted octanol–water partition coefficient (Wildman–Crippen LogP) is 3.81. The van der Waals surface area contributed by atoms with Crippen LogP contribution in [0.15, 0.2) is 53.0 Å². The zero-order chi connectivity index (χ0) is 15.8. The van der Waals surface area contributed by atoms with E-state index >= 15 is 0 Å². The van der Waals surface area contributed by atoms with E-state index in [1.54, 1.807) is 7.11 Å². The molecule has 0 fully saturated rings. The summed E-state index contributed by atoms with van der Waals surface area (Å²) in [5.74, 6) is 0.893. The van der Waals surface area contributed by atoms with E-state index in [1.165, 1.54) is 11.1 Å². The Morgan fingerprint density at radius 3 is 2.41 bits per heavy atom. The summed E-state index contributed by atoms with van der Waals surface area (Å²) in [5.41, 5.74) is 8.27. The highest BCUT2D eigenvalue weighted by molar-refractivity contribution is 9.10. The highest BCUT2D eigenvalue weighted by Gasteiger charge is 2.07. The van der Waals surface area contributed by atoms with E-state index in [2.05, 4.69) is 57.2 Å². The van der Waals surface area contributed by atoms with E-state index in [0.29, 0.717) is 0 Å². The van der Waals surface area contributed by atoms with Crippen molar-refractivity contribution in [2.75, 3.05) is 20.2 Å². The maximum Gasteiger partial charge on any atom is 0.118 e. The summed E-state index contributed by atoms with van der Waals surface area (Å²) in [7, 11) is 1.69. The Bertz CT molecular complexity index is 572. The largest absolute Gasteiger partial charge is 0.497 e. The standard InChI is InChI=1S/C18H23BrN2O/c1-22-18-8-6-15(7-9-18)13-21(11-3-10-20)14-16-4-2-5-17(19)12-16/h2,4-9,12H,3,10-11,13-14,20H2,1H3. The zero-order valence-corrected chi connectivity index (χ0v) is 14.6. The van der Waals surface area contributed by atoms with Crippen molar-refractivity contribution in [2.45, 2.75) is 19.5 Å². The van der Waals surface area contributed by atoms with Crippen LogP contribution in [-0.4, -0.2) is 25.1 Å². The molecule has 2 rings (SSSR count). The first-order valence-corrected chi connectivity index (χ1v) is 8.30. The molecule has 0 spiro atoms. The minimum Gasteiger partial charge on any atom is -0.497 e. The molecule has 0 aliphatic rings. The predicted molar refractivity (Wildman–Crippen MR) is 94.9 cm³/mol. The Hall–Kier alpha value is -1.36. The van der Waals surface area contributed by atoms with Crippen molar-refractivity contribution in [3.63, 3.8) is 0 Å². The molecule has 0 heterocycles. The quantitative estimate of drug-likeness (QED) is 0.775. The minimum absolute atomic E-state index is 0.720. The smallest absolute Gasteiger partial charge is 0.118 e. The van der Waals surface area contributed by atoms with E-state index in [-0.39, 0.29) is 0 Å². The van der Waals surface area contributed by atoms with E-state index in [0.717, 1.165) is 42.8 Å². The van der Waals surface area contributed by atoms with Crippen molar-refractivity contribution in [1.29, 1.82) is 0 Å². The topological polar surface area (TPSA) is 38.5 Å². The molecule has 2 N–H and O–H groups in total. The van der Waals surface area contributed by atoms with Crippen molar-refractivity contribution in [1.82, 2.24) is 4.90 Å². The Labute approximate surface area is 141 Å². The average molecular weight is 363 g/mol. The molecule has 0 saturated carbocycles. The van der Waals surface area contributed by atoms with Crippen molar-refractivity contribution >= 4 is 15.9 Å². The number of benzene rings is 2. The summed E-state index contributed by atoms with van der Waals surface area (Å²) >= 11 is 3.54. The number of hydrogen-bond acceptors (Lipinski definition) is 3. The van der Waals surface area contributed by atoms with Crippen molar-refractivity contribution in [2.24, 2.45) is 5.73 Å². The Morgan fingerprint density at radius 2 is 1.77 bits per heavy atom. The number of nitrogens with zero attached hydrogens (tertiary/aromatic N) is 1. The van der Waals surface area contributed by atoms with Gasteiger partial charge in [-0.05, 0) is 48.4 Å². The molecule has 0 unspecified atom stereocenters. The highest BCUT2D eigenvalue weighted by atomic mass is 79.9. The van der Waals surface area contributed by atoms with E-state index in [1.807, 2.05) is 12.1 Å². The van der Waals surface area contributed by atoms with Gasteiger partial charge in [0.05, 0.1) is 7.11 Å². The van der Waals surface area contributed by atoms with Gasteiger partial charge in [-0.3, -0.25) is 4.90 Å². The third kappa shape index (κ3) is 5.44. The molecule has 0 atom stereocenters. The first-order valence-electron chi connectivity index (χ1n) is 7.51. The van der Waals surface area contributed by atoms with Gasteiger partial charge in [-0.2, -0.15) is 0 Å². The number of ether oxygens (including phenoxy) is 1. The van der Waals surface area contributed by atoms with Crippen LogP contribution < -0.4 is 10.5 Å². The molecule has 0 aliphatic heterocycles. The molecule has 4 heteroatoms. The van der Waals surface area contributed by atoms with Crippen molar-refractivity contribution in [3.05, 3.63) is 64.1 Å². The Morgan fingerprint density at radius 1 is 1.05 bits per heavy atom. The third-order valence-electron chi connectivity index (χ3n) is 3.54.